The van der Waals surface area contributed by atoms with Gasteiger partial charge in [-0.1, -0.05) is 19.1 Å². The maximum atomic E-state index is 11.9. The summed E-state index contributed by atoms with van der Waals surface area (Å²) in [5.41, 5.74) is 1.91. The highest BCUT2D eigenvalue weighted by molar-refractivity contribution is 5.79. The topological polar surface area (TPSA) is 90.0 Å². The van der Waals surface area contributed by atoms with Gasteiger partial charge in [0.2, 0.25) is 5.91 Å². The SMILES string of the molecule is CCC(CO)NC(=O)Cc1ccc(NCc2ncc[nH]2)cc1. The third-order valence-corrected chi connectivity index (χ3v) is 3.41. The monoisotopic (exact) mass is 302 g/mol. The zero-order valence-electron chi connectivity index (χ0n) is 12.7. The van der Waals surface area contributed by atoms with E-state index < -0.39 is 0 Å². The predicted octanol–water partition coefficient (Wildman–Crippen LogP) is 1.45. The number of benzene rings is 1. The summed E-state index contributed by atoms with van der Waals surface area (Å²) in [5, 5.41) is 15.1. The maximum Gasteiger partial charge on any atom is 0.224 e. The molecule has 6 heteroatoms. The van der Waals surface area contributed by atoms with Crippen LogP contribution < -0.4 is 10.6 Å². The molecule has 0 spiro atoms. The highest BCUT2D eigenvalue weighted by Gasteiger charge is 2.09. The van der Waals surface area contributed by atoms with Crippen molar-refractivity contribution in [3.63, 3.8) is 0 Å². The van der Waals surface area contributed by atoms with E-state index in [-0.39, 0.29) is 18.6 Å². The molecule has 1 atom stereocenters. The van der Waals surface area contributed by atoms with Crippen molar-refractivity contribution in [3.8, 4) is 0 Å². The lowest BCUT2D eigenvalue weighted by Crippen LogP contribution is -2.37. The molecule has 0 saturated carbocycles. The number of carbonyl (C=O) groups is 1. The summed E-state index contributed by atoms with van der Waals surface area (Å²) >= 11 is 0. The maximum absolute atomic E-state index is 11.9. The smallest absolute Gasteiger partial charge is 0.224 e. The third-order valence-electron chi connectivity index (χ3n) is 3.41. The number of hydrogen-bond acceptors (Lipinski definition) is 4. The fourth-order valence-electron chi connectivity index (χ4n) is 2.06. The van der Waals surface area contributed by atoms with E-state index in [4.69, 9.17) is 5.11 Å². The van der Waals surface area contributed by atoms with Crippen LogP contribution in [0.4, 0.5) is 5.69 Å². The predicted molar refractivity (Wildman–Crippen MR) is 85.4 cm³/mol. The lowest BCUT2D eigenvalue weighted by Gasteiger charge is -2.14. The van der Waals surface area contributed by atoms with E-state index in [0.29, 0.717) is 13.0 Å². The average molecular weight is 302 g/mol. The molecule has 1 heterocycles. The van der Waals surface area contributed by atoms with E-state index >= 15 is 0 Å². The summed E-state index contributed by atoms with van der Waals surface area (Å²) in [6, 6.07) is 7.55. The van der Waals surface area contributed by atoms with Crippen LogP contribution in [0.2, 0.25) is 0 Å². The lowest BCUT2D eigenvalue weighted by atomic mass is 10.1. The summed E-state index contributed by atoms with van der Waals surface area (Å²) in [6.45, 7) is 2.53. The quantitative estimate of drug-likeness (QED) is 0.594. The Morgan fingerprint density at radius 3 is 2.73 bits per heavy atom. The minimum absolute atomic E-state index is 0.0299. The van der Waals surface area contributed by atoms with Gasteiger partial charge >= 0.3 is 0 Å². The van der Waals surface area contributed by atoms with E-state index in [1.165, 1.54) is 0 Å². The van der Waals surface area contributed by atoms with Gasteiger partial charge in [0, 0.05) is 18.1 Å². The number of nitrogens with one attached hydrogen (secondary N) is 3. The molecule has 1 aromatic heterocycles. The van der Waals surface area contributed by atoms with Crippen LogP contribution in [0.15, 0.2) is 36.7 Å². The Morgan fingerprint density at radius 2 is 2.14 bits per heavy atom. The molecule has 4 N–H and O–H groups in total. The second-order valence-electron chi connectivity index (χ2n) is 5.12. The molecule has 1 unspecified atom stereocenters. The fraction of sp³-hybridized carbons (Fsp3) is 0.375. The van der Waals surface area contributed by atoms with Crippen LogP contribution >= 0.6 is 0 Å². The number of aliphatic hydroxyl groups is 1. The van der Waals surface area contributed by atoms with Gasteiger partial charge in [0.05, 0.1) is 25.6 Å². The number of anilines is 1. The molecule has 0 radical (unpaired) electrons. The van der Waals surface area contributed by atoms with Gasteiger partial charge in [0.15, 0.2) is 0 Å². The van der Waals surface area contributed by atoms with Crippen LogP contribution in [0.1, 0.15) is 24.7 Å². The van der Waals surface area contributed by atoms with Crippen LogP contribution in [0.25, 0.3) is 0 Å². The molecule has 2 rings (SSSR count). The normalized spacial score (nSPS) is 11.9. The van der Waals surface area contributed by atoms with E-state index in [2.05, 4.69) is 20.6 Å². The number of amides is 1. The summed E-state index contributed by atoms with van der Waals surface area (Å²) < 4.78 is 0. The molecule has 0 aliphatic heterocycles. The molecule has 2 aromatic rings. The molecule has 1 amide bonds. The van der Waals surface area contributed by atoms with Crippen molar-refractivity contribution in [2.24, 2.45) is 0 Å². The zero-order valence-corrected chi connectivity index (χ0v) is 12.7. The van der Waals surface area contributed by atoms with Gasteiger partial charge in [-0.25, -0.2) is 4.98 Å². The summed E-state index contributed by atoms with van der Waals surface area (Å²) in [5.74, 6) is 0.801. The number of carbonyl (C=O) groups excluding carboxylic acids is 1. The number of aromatic amines is 1. The minimum Gasteiger partial charge on any atom is -0.394 e. The van der Waals surface area contributed by atoms with Crippen molar-refractivity contribution in [3.05, 3.63) is 48.0 Å². The molecule has 0 saturated heterocycles. The largest absolute Gasteiger partial charge is 0.394 e. The van der Waals surface area contributed by atoms with Crippen molar-refractivity contribution >= 4 is 11.6 Å². The van der Waals surface area contributed by atoms with E-state index in [1.54, 1.807) is 12.4 Å². The number of H-pyrrole nitrogens is 1. The highest BCUT2D eigenvalue weighted by Crippen LogP contribution is 2.11. The van der Waals surface area contributed by atoms with Gasteiger partial charge in [-0.15, -0.1) is 0 Å². The van der Waals surface area contributed by atoms with Crippen LogP contribution in [0.3, 0.4) is 0 Å². The van der Waals surface area contributed by atoms with Crippen molar-refractivity contribution < 1.29 is 9.90 Å². The van der Waals surface area contributed by atoms with Crippen LogP contribution in [-0.4, -0.2) is 33.6 Å². The molecule has 22 heavy (non-hydrogen) atoms. The Labute approximate surface area is 130 Å². The Balaban J connectivity index is 1.82. The van der Waals surface area contributed by atoms with Crippen LogP contribution in [0, 0.1) is 0 Å². The first-order chi connectivity index (χ1) is 10.7. The lowest BCUT2D eigenvalue weighted by molar-refractivity contribution is -0.121. The second-order valence-corrected chi connectivity index (χ2v) is 5.12. The number of nitrogens with zero attached hydrogens (tertiary/aromatic N) is 1. The first-order valence-corrected chi connectivity index (χ1v) is 7.42. The molecular weight excluding hydrogens is 280 g/mol. The highest BCUT2D eigenvalue weighted by atomic mass is 16.3. The molecule has 1 aromatic carbocycles. The number of aromatic nitrogens is 2. The average Bonchev–Trinajstić information content (AvgIpc) is 3.05. The van der Waals surface area contributed by atoms with Gasteiger partial charge in [-0.2, -0.15) is 0 Å². The van der Waals surface area contributed by atoms with Crippen molar-refractivity contribution in [2.75, 3.05) is 11.9 Å². The van der Waals surface area contributed by atoms with Crippen molar-refractivity contribution in [2.45, 2.75) is 32.4 Å². The van der Waals surface area contributed by atoms with Gasteiger partial charge < -0.3 is 20.7 Å². The Morgan fingerprint density at radius 1 is 1.36 bits per heavy atom. The van der Waals surface area contributed by atoms with Gasteiger partial charge in [0.25, 0.3) is 0 Å². The summed E-state index contributed by atoms with van der Waals surface area (Å²) in [4.78, 5) is 19.0. The minimum atomic E-state index is -0.165. The third kappa shape index (κ3) is 4.89. The van der Waals surface area contributed by atoms with Gasteiger partial charge in [-0.05, 0) is 24.1 Å². The first kappa shape index (κ1) is 16.0. The van der Waals surface area contributed by atoms with Gasteiger partial charge in [0.1, 0.15) is 5.82 Å². The summed E-state index contributed by atoms with van der Waals surface area (Å²) in [6.07, 6.45) is 4.54. The number of rotatable bonds is 8. The number of aliphatic hydroxyl groups excluding tert-OH is 1. The van der Waals surface area contributed by atoms with Crippen molar-refractivity contribution in [1.82, 2.24) is 15.3 Å². The van der Waals surface area contributed by atoms with Crippen LogP contribution in [0.5, 0.6) is 0 Å². The second kappa shape index (κ2) is 8.19. The zero-order chi connectivity index (χ0) is 15.8. The number of hydrogen-bond donors (Lipinski definition) is 4. The fourth-order valence-corrected chi connectivity index (χ4v) is 2.06. The van der Waals surface area contributed by atoms with E-state index in [0.717, 1.165) is 23.5 Å². The van der Waals surface area contributed by atoms with E-state index in [1.807, 2.05) is 31.2 Å². The van der Waals surface area contributed by atoms with Crippen molar-refractivity contribution in [1.29, 1.82) is 0 Å². The molecule has 118 valence electrons. The van der Waals surface area contributed by atoms with Gasteiger partial charge in [-0.3, -0.25) is 4.79 Å². The van der Waals surface area contributed by atoms with Crippen LogP contribution in [-0.2, 0) is 17.8 Å². The Bertz CT molecular complexity index is 562. The molecule has 0 fully saturated rings. The van der Waals surface area contributed by atoms with E-state index in [9.17, 15) is 4.79 Å². The summed E-state index contributed by atoms with van der Waals surface area (Å²) in [7, 11) is 0. The standard InChI is InChI=1S/C16H22N4O2/c1-2-13(11-21)20-16(22)9-12-3-5-14(6-4-12)19-10-15-17-7-8-18-15/h3-8,13,19,21H,2,9-11H2,1H3,(H,17,18)(H,20,22). The molecule has 0 aliphatic carbocycles. The molecule has 0 aliphatic rings. The molecule has 0 bridgehead atoms. The molecule has 6 nitrogen and oxygen atoms in total. The number of imidazole rings is 1. The Kier molecular flexibility index (Phi) is 5.97. The first-order valence-electron chi connectivity index (χ1n) is 7.42. The molecular formula is C16H22N4O2. The Hall–Kier alpha value is -2.34.